The van der Waals surface area contributed by atoms with Crippen molar-refractivity contribution in [3.63, 3.8) is 0 Å². The molecule has 0 heterocycles. The second kappa shape index (κ2) is 10.5. The topological polar surface area (TPSA) is 73.8 Å². The lowest BCUT2D eigenvalue weighted by atomic mass is 9.84. The normalized spacial score (nSPS) is 16.9. The second-order valence-corrected chi connectivity index (χ2v) is 7.27. The smallest absolute Gasteiger partial charge is 0.263 e. The lowest BCUT2D eigenvalue weighted by Gasteiger charge is -2.24. The van der Waals surface area contributed by atoms with Gasteiger partial charge in [-0.25, -0.2) is 0 Å². The molecular formula is C20H30N2O3S. The van der Waals surface area contributed by atoms with Crippen LogP contribution in [0.3, 0.4) is 0 Å². The number of benzene rings is 1. The Balaban J connectivity index is 2.31. The number of aromatic hydroxyl groups is 1. The van der Waals surface area contributed by atoms with Crippen LogP contribution in [-0.2, 0) is 6.42 Å². The molecule has 1 unspecified atom stereocenters. The van der Waals surface area contributed by atoms with Gasteiger partial charge in [0, 0.05) is 11.5 Å². The van der Waals surface area contributed by atoms with Gasteiger partial charge in [-0.05, 0) is 68.9 Å². The minimum atomic E-state index is 0.0960. The Kier molecular flexibility index (Phi) is 8.35. The van der Waals surface area contributed by atoms with Gasteiger partial charge in [0.1, 0.15) is 11.5 Å². The van der Waals surface area contributed by atoms with Gasteiger partial charge in [0.25, 0.3) is 5.17 Å². The number of unbranched alkanes of at least 4 members (excludes halogenated alkanes) is 2. The highest BCUT2D eigenvalue weighted by atomic mass is 32.1. The molecule has 0 fully saturated rings. The minimum Gasteiger partial charge on any atom is -0.507 e. The van der Waals surface area contributed by atoms with Gasteiger partial charge in [0.05, 0.1) is 6.67 Å². The first-order valence-electron chi connectivity index (χ1n) is 9.40. The molecule has 1 aliphatic carbocycles. The Morgan fingerprint density at radius 2 is 2.15 bits per heavy atom. The van der Waals surface area contributed by atoms with Crippen LogP contribution >= 0.6 is 12.2 Å². The van der Waals surface area contributed by atoms with Crippen LogP contribution < -0.4 is 15.5 Å². The van der Waals surface area contributed by atoms with Gasteiger partial charge in [-0.2, -0.15) is 5.48 Å². The number of hydroxylamine groups is 1. The Labute approximate surface area is 161 Å². The fourth-order valence-electron chi connectivity index (χ4n) is 3.43. The molecule has 144 valence electrons. The molecule has 0 radical (unpaired) electrons. The van der Waals surface area contributed by atoms with E-state index in [0.29, 0.717) is 5.75 Å². The maximum atomic E-state index is 10.7. The van der Waals surface area contributed by atoms with Crippen LogP contribution in [0.2, 0.25) is 0 Å². The first-order valence-corrected chi connectivity index (χ1v) is 9.81. The van der Waals surface area contributed by atoms with Crippen molar-refractivity contribution in [2.45, 2.75) is 64.7 Å². The molecule has 4 N–H and O–H groups in total. The number of hydrogen-bond donors (Lipinski definition) is 4. The van der Waals surface area contributed by atoms with Crippen molar-refractivity contribution >= 4 is 17.4 Å². The summed E-state index contributed by atoms with van der Waals surface area (Å²) in [5.74, 6) is 0.998. The summed E-state index contributed by atoms with van der Waals surface area (Å²) in [4.78, 5) is 0. The third-order valence-electron chi connectivity index (χ3n) is 4.71. The lowest BCUT2D eigenvalue weighted by molar-refractivity contribution is 0.163. The van der Waals surface area contributed by atoms with E-state index < -0.39 is 0 Å². The Morgan fingerprint density at radius 3 is 2.85 bits per heavy atom. The summed E-state index contributed by atoms with van der Waals surface area (Å²) < 4.78 is 5.84. The number of allylic oxidation sites excluding steroid dienone is 2. The minimum absolute atomic E-state index is 0.0960. The molecule has 0 amide bonds. The van der Waals surface area contributed by atoms with Crippen LogP contribution in [-0.4, -0.2) is 22.2 Å². The highest BCUT2D eigenvalue weighted by molar-refractivity contribution is 7.80. The number of phenols is 1. The molecule has 1 aromatic rings. The predicted octanol–water partition coefficient (Wildman–Crippen LogP) is 4.53. The summed E-state index contributed by atoms with van der Waals surface area (Å²) in [6.45, 7) is 4.40. The van der Waals surface area contributed by atoms with Gasteiger partial charge in [-0.3, -0.25) is 0 Å². The Hall–Kier alpha value is -1.63. The first-order chi connectivity index (χ1) is 12.5. The molecule has 0 aromatic heterocycles. The first kappa shape index (κ1) is 20.7. The monoisotopic (exact) mass is 378 g/mol. The molecule has 0 saturated heterocycles. The van der Waals surface area contributed by atoms with Crippen LogP contribution in [0.1, 0.15) is 69.4 Å². The molecule has 2 rings (SSSR count). The van der Waals surface area contributed by atoms with Crippen molar-refractivity contribution in [1.82, 2.24) is 10.8 Å². The average molecular weight is 379 g/mol. The van der Waals surface area contributed by atoms with Gasteiger partial charge < -0.3 is 20.4 Å². The van der Waals surface area contributed by atoms with Crippen molar-refractivity contribution in [3.8, 4) is 11.5 Å². The Morgan fingerprint density at radius 1 is 1.35 bits per heavy atom. The van der Waals surface area contributed by atoms with E-state index in [1.54, 1.807) is 0 Å². The van der Waals surface area contributed by atoms with Crippen molar-refractivity contribution in [2.75, 3.05) is 6.67 Å². The largest absolute Gasteiger partial charge is 0.507 e. The molecule has 1 atom stereocenters. The standard InChI is InChI=1S/C20H30N2O3S/c1-3-4-5-8-15-11-17(23)19(16-9-6-7-14(2)10-16)18(12-15)25-20(26)21-13-22-24/h10-12,16,22-24H,3-9,13H2,1-2H3,(H,21,26). The van der Waals surface area contributed by atoms with E-state index >= 15 is 0 Å². The number of ether oxygens (including phenoxy) is 1. The molecule has 1 aliphatic rings. The molecule has 6 heteroatoms. The van der Waals surface area contributed by atoms with E-state index in [9.17, 15) is 5.11 Å². The van der Waals surface area contributed by atoms with E-state index in [2.05, 4.69) is 25.2 Å². The molecule has 1 aromatic carbocycles. The Bertz CT molecular complexity index is 646. The average Bonchev–Trinajstić information content (AvgIpc) is 2.60. The SMILES string of the molecule is CCCCCc1cc(O)c(C2C=C(C)CCC2)c(OC(=S)NCNO)c1. The summed E-state index contributed by atoms with van der Waals surface area (Å²) in [6, 6.07) is 3.85. The summed E-state index contributed by atoms with van der Waals surface area (Å²) in [7, 11) is 0. The quantitative estimate of drug-likeness (QED) is 0.175. The third kappa shape index (κ3) is 5.97. The van der Waals surface area contributed by atoms with Gasteiger partial charge in [-0.1, -0.05) is 31.4 Å². The molecule has 26 heavy (non-hydrogen) atoms. The van der Waals surface area contributed by atoms with Crippen LogP contribution in [0, 0.1) is 0 Å². The number of thiocarbonyl (C=S) groups is 1. The van der Waals surface area contributed by atoms with Crippen LogP contribution in [0.4, 0.5) is 0 Å². The molecule has 0 aliphatic heterocycles. The summed E-state index contributed by atoms with van der Waals surface area (Å²) in [6.07, 6.45) is 9.69. The van der Waals surface area contributed by atoms with Crippen molar-refractivity contribution in [1.29, 1.82) is 0 Å². The number of aryl methyl sites for hydroxylation is 1. The van der Waals surface area contributed by atoms with E-state index in [1.165, 1.54) is 5.57 Å². The number of rotatable bonds is 8. The fraction of sp³-hybridized carbons (Fsp3) is 0.550. The van der Waals surface area contributed by atoms with Gasteiger partial charge in [0.2, 0.25) is 0 Å². The fourth-order valence-corrected chi connectivity index (χ4v) is 3.60. The molecule has 0 spiro atoms. The van der Waals surface area contributed by atoms with Crippen molar-refractivity contribution < 1.29 is 15.1 Å². The van der Waals surface area contributed by atoms with Crippen LogP contribution in [0.25, 0.3) is 0 Å². The van der Waals surface area contributed by atoms with Gasteiger partial charge in [-0.15, -0.1) is 0 Å². The summed E-state index contributed by atoms with van der Waals surface area (Å²) in [5, 5.41) is 22.4. The zero-order chi connectivity index (χ0) is 18.9. The maximum absolute atomic E-state index is 10.7. The van der Waals surface area contributed by atoms with Crippen LogP contribution in [0.5, 0.6) is 11.5 Å². The maximum Gasteiger partial charge on any atom is 0.263 e. The third-order valence-corrected chi connectivity index (χ3v) is 4.93. The zero-order valence-electron chi connectivity index (χ0n) is 15.7. The van der Waals surface area contributed by atoms with Crippen LogP contribution in [0.15, 0.2) is 23.8 Å². The number of nitrogens with one attached hydrogen (secondary N) is 2. The highest BCUT2D eigenvalue weighted by Crippen LogP contribution is 2.42. The van der Waals surface area contributed by atoms with E-state index in [-0.39, 0.29) is 23.5 Å². The highest BCUT2D eigenvalue weighted by Gasteiger charge is 2.23. The predicted molar refractivity (Wildman–Crippen MR) is 108 cm³/mol. The van der Waals surface area contributed by atoms with Crippen molar-refractivity contribution in [2.24, 2.45) is 0 Å². The zero-order valence-corrected chi connectivity index (χ0v) is 16.5. The number of phenolic OH excluding ortho intramolecular Hbond substituents is 1. The van der Waals surface area contributed by atoms with Crippen molar-refractivity contribution in [3.05, 3.63) is 34.9 Å². The molecule has 5 nitrogen and oxygen atoms in total. The second-order valence-electron chi connectivity index (χ2n) is 6.90. The van der Waals surface area contributed by atoms with E-state index in [4.69, 9.17) is 22.2 Å². The molecule has 0 bridgehead atoms. The number of hydrogen-bond acceptors (Lipinski definition) is 5. The summed E-state index contributed by atoms with van der Waals surface area (Å²) in [5.41, 5.74) is 5.17. The lowest BCUT2D eigenvalue weighted by Crippen LogP contribution is -2.34. The van der Waals surface area contributed by atoms with Gasteiger partial charge in [0.15, 0.2) is 0 Å². The van der Waals surface area contributed by atoms with E-state index in [1.807, 2.05) is 17.6 Å². The summed E-state index contributed by atoms with van der Waals surface area (Å²) >= 11 is 5.20. The molecular weight excluding hydrogens is 348 g/mol. The van der Waals surface area contributed by atoms with Gasteiger partial charge >= 0.3 is 0 Å². The molecule has 0 saturated carbocycles. The van der Waals surface area contributed by atoms with E-state index in [0.717, 1.165) is 56.1 Å².